The van der Waals surface area contributed by atoms with E-state index in [1.54, 1.807) is 21.9 Å². The van der Waals surface area contributed by atoms with Crippen LogP contribution in [0.4, 0.5) is 0 Å². The van der Waals surface area contributed by atoms with Crippen molar-refractivity contribution < 1.29 is 14.4 Å². The Hall–Kier alpha value is -2.37. The van der Waals surface area contributed by atoms with Gasteiger partial charge in [-0.25, -0.2) is 0 Å². The normalized spacial score (nSPS) is 18.7. The van der Waals surface area contributed by atoms with Gasteiger partial charge in [-0.05, 0) is 44.4 Å². The van der Waals surface area contributed by atoms with Crippen LogP contribution in [0.5, 0.6) is 0 Å². The van der Waals surface area contributed by atoms with Crippen LogP contribution in [0.3, 0.4) is 0 Å². The zero-order valence-corrected chi connectivity index (χ0v) is 15.5. The molecule has 1 aliphatic carbocycles. The summed E-state index contributed by atoms with van der Waals surface area (Å²) in [6, 6.07) is 7.53. The second-order valence-corrected chi connectivity index (χ2v) is 7.49. The Bertz CT molecular complexity index is 678. The number of piperazine rings is 1. The van der Waals surface area contributed by atoms with Gasteiger partial charge in [0, 0.05) is 37.3 Å². The van der Waals surface area contributed by atoms with Crippen LogP contribution >= 0.6 is 0 Å². The zero-order chi connectivity index (χ0) is 18.7. The molecule has 0 atom stereocenters. The molecular weight excluding hydrogens is 330 g/mol. The van der Waals surface area contributed by atoms with Crippen LogP contribution in [0.15, 0.2) is 24.3 Å². The number of nitrogens with one attached hydrogen (secondary N) is 1. The average molecular weight is 357 g/mol. The van der Waals surface area contributed by atoms with Gasteiger partial charge in [-0.1, -0.05) is 25.0 Å². The summed E-state index contributed by atoms with van der Waals surface area (Å²) >= 11 is 0. The third kappa shape index (κ3) is 4.06. The Kier molecular flexibility index (Phi) is 5.59. The predicted molar refractivity (Wildman–Crippen MR) is 98.4 cm³/mol. The average Bonchev–Trinajstić information content (AvgIpc) is 3.13. The molecule has 1 aromatic carbocycles. The third-order valence-corrected chi connectivity index (χ3v) is 5.12. The second kappa shape index (κ2) is 7.89. The van der Waals surface area contributed by atoms with E-state index in [4.69, 9.17) is 0 Å². The van der Waals surface area contributed by atoms with Crippen molar-refractivity contribution >= 4 is 17.7 Å². The Balaban J connectivity index is 1.60. The summed E-state index contributed by atoms with van der Waals surface area (Å²) < 4.78 is 0. The molecule has 1 aliphatic heterocycles. The van der Waals surface area contributed by atoms with Gasteiger partial charge in [0.2, 0.25) is 0 Å². The van der Waals surface area contributed by atoms with Gasteiger partial charge in [-0.2, -0.15) is 0 Å². The second-order valence-electron chi connectivity index (χ2n) is 7.49. The summed E-state index contributed by atoms with van der Waals surface area (Å²) in [4.78, 5) is 40.3. The number of carbonyl (C=O) groups is 3. The van der Waals surface area contributed by atoms with Crippen molar-refractivity contribution in [2.24, 2.45) is 0 Å². The fraction of sp³-hybridized carbons (Fsp3) is 0.550. The molecule has 2 aliphatic rings. The van der Waals surface area contributed by atoms with E-state index in [0.29, 0.717) is 25.2 Å². The maximum atomic E-state index is 12.5. The van der Waals surface area contributed by atoms with Gasteiger partial charge in [0.15, 0.2) is 0 Å². The largest absolute Gasteiger partial charge is 0.350 e. The molecule has 1 saturated carbocycles. The molecule has 6 heteroatoms. The van der Waals surface area contributed by atoms with E-state index < -0.39 is 5.91 Å². The van der Waals surface area contributed by atoms with Gasteiger partial charge in [0.05, 0.1) is 0 Å². The molecule has 26 heavy (non-hydrogen) atoms. The Morgan fingerprint density at radius 2 is 1.73 bits per heavy atom. The third-order valence-electron chi connectivity index (χ3n) is 5.12. The van der Waals surface area contributed by atoms with Gasteiger partial charge in [-0.15, -0.1) is 0 Å². The molecule has 1 aromatic rings. The molecule has 1 heterocycles. The van der Waals surface area contributed by atoms with Gasteiger partial charge >= 0.3 is 11.8 Å². The Morgan fingerprint density at radius 1 is 1.08 bits per heavy atom. The van der Waals surface area contributed by atoms with Crippen LogP contribution in [0.1, 0.15) is 55.5 Å². The van der Waals surface area contributed by atoms with Crippen molar-refractivity contribution in [1.29, 1.82) is 0 Å². The lowest BCUT2D eigenvalue weighted by molar-refractivity contribution is -0.158. The van der Waals surface area contributed by atoms with Crippen LogP contribution in [0.25, 0.3) is 0 Å². The quantitative estimate of drug-likeness (QED) is 0.819. The summed E-state index contributed by atoms with van der Waals surface area (Å²) in [5.74, 6) is -0.885. The van der Waals surface area contributed by atoms with Gasteiger partial charge < -0.3 is 15.1 Å². The molecule has 140 valence electrons. The standard InChI is InChI=1S/C20H27N3O3/c1-14(2)21-18(24)16-9-7-15(8-10-16)13-22-11-12-23(20(26)19(22)25)17-5-3-4-6-17/h7-10,14,17H,3-6,11-13H2,1-2H3,(H,21,24). The number of amides is 3. The number of benzene rings is 1. The highest BCUT2D eigenvalue weighted by atomic mass is 16.2. The molecule has 3 amide bonds. The first-order chi connectivity index (χ1) is 12.5. The number of nitrogens with zero attached hydrogens (tertiary/aromatic N) is 2. The first-order valence-electron chi connectivity index (χ1n) is 9.45. The fourth-order valence-electron chi connectivity index (χ4n) is 3.73. The van der Waals surface area contributed by atoms with E-state index in [0.717, 1.165) is 31.2 Å². The molecule has 6 nitrogen and oxygen atoms in total. The summed E-state index contributed by atoms with van der Waals surface area (Å²) in [6.07, 6.45) is 4.31. The SMILES string of the molecule is CC(C)NC(=O)c1ccc(CN2CCN(C3CCCC3)C(=O)C2=O)cc1. The lowest BCUT2D eigenvalue weighted by Gasteiger charge is -2.37. The van der Waals surface area contributed by atoms with E-state index in [1.807, 2.05) is 26.0 Å². The maximum Gasteiger partial charge on any atom is 0.312 e. The van der Waals surface area contributed by atoms with Crippen molar-refractivity contribution in [1.82, 2.24) is 15.1 Å². The summed E-state index contributed by atoms with van der Waals surface area (Å²) in [7, 11) is 0. The molecule has 0 spiro atoms. The van der Waals surface area contributed by atoms with Crippen LogP contribution in [-0.2, 0) is 16.1 Å². The molecular formula is C20H27N3O3. The van der Waals surface area contributed by atoms with E-state index in [2.05, 4.69) is 5.32 Å². The lowest BCUT2D eigenvalue weighted by Crippen LogP contribution is -2.56. The van der Waals surface area contributed by atoms with Crippen LogP contribution in [0, 0.1) is 0 Å². The highest BCUT2D eigenvalue weighted by Gasteiger charge is 2.37. The molecule has 0 radical (unpaired) electrons. The van der Waals surface area contributed by atoms with Crippen molar-refractivity contribution in [3.63, 3.8) is 0 Å². The molecule has 1 saturated heterocycles. The minimum absolute atomic E-state index is 0.0852. The topological polar surface area (TPSA) is 69.7 Å². The van der Waals surface area contributed by atoms with E-state index >= 15 is 0 Å². The maximum absolute atomic E-state index is 12.5. The highest BCUT2D eigenvalue weighted by Crippen LogP contribution is 2.25. The number of carbonyl (C=O) groups excluding carboxylic acids is 3. The van der Waals surface area contributed by atoms with Gasteiger partial charge in [0.1, 0.15) is 0 Å². The first-order valence-corrected chi connectivity index (χ1v) is 9.45. The van der Waals surface area contributed by atoms with Gasteiger partial charge in [-0.3, -0.25) is 14.4 Å². The molecule has 3 rings (SSSR count). The number of hydrogen-bond donors (Lipinski definition) is 1. The molecule has 1 N–H and O–H groups in total. The first kappa shape index (κ1) is 18.4. The monoisotopic (exact) mass is 357 g/mol. The summed E-state index contributed by atoms with van der Waals surface area (Å²) in [5, 5.41) is 2.85. The molecule has 2 fully saturated rings. The fourth-order valence-corrected chi connectivity index (χ4v) is 3.73. The minimum Gasteiger partial charge on any atom is -0.350 e. The highest BCUT2D eigenvalue weighted by molar-refractivity contribution is 6.35. The van der Waals surface area contributed by atoms with E-state index in [9.17, 15) is 14.4 Å². The Labute approximate surface area is 154 Å². The van der Waals surface area contributed by atoms with Gasteiger partial charge in [0.25, 0.3) is 5.91 Å². The smallest absolute Gasteiger partial charge is 0.312 e. The van der Waals surface area contributed by atoms with Crippen molar-refractivity contribution in [2.75, 3.05) is 13.1 Å². The van der Waals surface area contributed by atoms with Crippen molar-refractivity contribution in [3.8, 4) is 0 Å². The minimum atomic E-state index is -0.412. The molecule has 0 bridgehead atoms. The van der Waals surface area contributed by atoms with E-state index in [1.165, 1.54) is 0 Å². The number of rotatable bonds is 5. The van der Waals surface area contributed by atoms with E-state index in [-0.39, 0.29) is 23.9 Å². The Morgan fingerprint density at radius 3 is 2.35 bits per heavy atom. The molecule has 0 unspecified atom stereocenters. The summed E-state index contributed by atoms with van der Waals surface area (Å²) in [5.41, 5.74) is 1.51. The zero-order valence-electron chi connectivity index (χ0n) is 15.5. The number of hydrogen-bond acceptors (Lipinski definition) is 3. The molecule has 0 aromatic heterocycles. The van der Waals surface area contributed by atoms with Crippen molar-refractivity contribution in [3.05, 3.63) is 35.4 Å². The lowest BCUT2D eigenvalue weighted by atomic mass is 10.1. The van der Waals surface area contributed by atoms with Crippen LogP contribution in [-0.4, -0.2) is 52.7 Å². The van der Waals surface area contributed by atoms with Crippen molar-refractivity contribution in [2.45, 2.75) is 58.2 Å². The van der Waals surface area contributed by atoms with Crippen LogP contribution in [0.2, 0.25) is 0 Å². The predicted octanol–water partition coefficient (Wildman–Crippen LogP) is 1.94. The summed E-state index contributed by atoms with van der Waals surface area (Å²) in [6.45, 7) is 5.41. The van der Waals surface area contributed by atoms with Crippen LogP contribution < -0.4 is 5.32 Å².